The molecule has 1 amide bonds. The van der Waals surface area contributed by atoms with Crippen LogP contribution in [-0.4, -0.2) is 74.2 Å². The number of amides is 1. The third-order valence-corrected chi connectivity index (χ3v) is 7.46. The Kier molecular flexibility index (Phi) is 6.78. The summed E-state index contributed by atoms with van der Waals surface area (Å²) in [5.41, 5.74) is 0.640. The number of nitrogens with zero attached hydrogens (tertiary/aromatic N) is 5. The van der Waals surface area contributed by atoms with Gasteiger partial charge < -0.3 is 14.7 Å². The van der Waals surface area contributed by atoms with E-state index in [0.717, 1.165) is 43.5 Å². The predicted octanol–water partition coefficient (Wildman–Crippen LogP) is 2.73. The van der Waals surface area contributed by atoms with Gasteiger partial charge in [0.05, 0.1) is 10.5 Å². The second-order valence-electron chi connectivity index (χ2n) is 8.30. The Balaban J connectivity index is 1.48. The first kappa shape index (κ1) is 23.3. The maximum Gasteiger partial charge on any atom is 0.341 e. The van der Waals surface area contributed by atoms with Gasteiger partial charge in [-0.1, -0.05) is 12.1 Å². The number of halogens is 2. The van der Waals surface area contributed by atoms with Gasteiger partial charge in [-0.05, 0) is 38.3 Å². The predicted molar refractivity (Wildman–Crippen MR) is 121 cm³/mol. The Morgan fingerprint density at radius 3 is 2.27 bits per heavy atom. The molecule has 0 N–H and O–H groups in total. The zero-order chi connectivity index (χ0) is 23.6. The zero-order valence-corrected chi connectivity index (χ0v) is 19.3. The van der Waals surface area contributed by atoms with Gasteiger partial charge >= 0.3 is 5.76 Å². The van der Waals surface area contributed by atoms with Crippen LogP contribution in [0.3, 0.4) is 0 Å². The van der Waals surface area contributed by atoms with Crippen molar-refractivity contribution in [2.24, 2.45) is 0 Å². The van der Waals surface area contributed by atoms with Crippen LogP contribution in [0.1, 0.15) is 35.3 Å². The van der Waals surface area contributed by atoms with E-state index < -0.39 is 26.4 Å². The Morgan fingerprint density at radius 2 is 1.61 bits per heavy atom. The third-order valence-electron chi connectivity index (χ3n) is 6.02. The highest BCUT2D eigenvalue weighted by Gasteiger charge is 2.33. The number of sulfone groups is 1. The van der Waals surface area contributed by atoms with Gasteiger partial charge in [-0.3, -0.25) is 4.79 Å². The summed E-state index contributed by atoms with van der Waals surface area (Å²) in [6.07, 6.45) is 3.46. The summed E-state index contributed by atoms with van der Waals surface area (Å²) in [5, 5.41) is 0. The smallest absolute Gasteiger partial charge is 0.341 e. The summed E-state index contributed by atoms with van der Waals surface area (Å²) >= 11 is 0. The number of carbonyl (C=O) groups is 1. The van der Waals surface area contributed by atoms with Crippen LogP contribution in [0.15, 0.2) is 35.2 Å². The van der Waals surface area contributed by atoms with Gasteiger partial charge in [-0.15, -0.1) is 0 Å². The van der Waals surface area contributed by atoms with Crippen molar-refractivity contribution < 1.29 is 22.0 Å². The highest BCUT2D eigenvalue weighted by Crippen LogP contribution is 2.25. The van der Waals surface area contributed by atoms with Crippen LogP contribution in [0.4, 0.5) is 20.5 Å². The number of aromatic nitrogens is 2. The molecule has 2 aromatic rings. The summed E-state index contributed by atoms with van der Waals surface area (Å²) in [7, 11) is -4.88. The van der Waals surface area contributed by atoms with Crippen LogP contribution < -0.4 is 9.80 Å². The van der Waals surface area contributed by atoms with Crippen molar-refractivity contribution in [1.29, 1.82) is 0 Å². The number of alkyl halides is 2. The highest BCUT2D eigenvalue weighted by molar-refractivity contribution is 7.91. The fraction of sp³-hybridized carbons (Fsp3) is 0.500. The SMILES string of the molecule is Cc1cc(N2CCN(C(=O)c3ccccc3S(=O)(=O)C(F)F)CC2)nc(N2CCCCC2)n1. The van der Waals surface area contributed by atoms with Crippen molar-refractivity contribution in [3.63, 3.8) is 0 Å². The summed E-state index contributed by atoms with van der Waals surface area (Å²) in [5.74, 6) is -2.65. The number of carbonyl (C=O) groups excluding carboxylic acids is 1. The van der Waals surface area contributed by atoms with Gasteiger partial charge in [0.25, 0.3) is 5.91 Å². The van der Waals surface area contributed by atoms with Gasteiger partial charge in [0, 0.05) is 51.0 Å². The molecule has 11 heteroatoms. The molecule has 178 valence electrons. The minimum absolute atomic E-state index is 0.225. The van der Waals surface area contributed by atoms with Crippen LogP contribution in [-0.2, 0) is 9.84 Å². The van der Waals surface area contributed by atoms with E-state index in [9.17, 15) is 22.0 Å². The maximum atomic E-state index is 13.1. The van der Waals surface area contributed by atoms with E-state index in [1.54, 1.807) is 0 Å². The van der Waals surface area contributed by atoms with E-state index in [-0.39, 0.29) is 5.56 Å². The minimum atomic E-state index is -4.88. The second-order valence-corrected chi connectivity index (χ2v) is 10.2. The van der Waals surface area contributed by atoms with Crippen molar-refractivity contribution in [3.05, 3.63) is 41.6 Å². The Morgan fingerprint density at radius 1 is 0.939 bits per heavy atom. The maximum absolute atomic E-state index is 13.1. The normalized spacial score (nSPS) is 17.5. The molecule has 0 atom stereocenters. The van der Waals surface area contributed by atoms with Crippen molar-refractivity contribution in [2.45, 2.75) is 36.8 Å². The number of hydrogen-bond donors (Lipinski definition) is 0. The van der Waals surface area contributed by atoms with Crippen LogP contribution in [0.25, 0.3) is 0 Å². The fourth-order valence-corrected chi connectivity index (χ4v) is 5.15. The quantitative estimate of drug-likeness (QED) is 0.652. The fourth-order valence-electron chi connectivity index (χ4n) is 4.23. The Hall–Kier alpha value is -2.82. The van der Waals surface area contributed by atoms with Crippen molar-refractivity contribution in [2.75, 3.05) is 49.1 Å². The van der Waals surface area contributed by atoms with Crippen molar-refractivity contribution in [1.82, 2.24) is 14.9 Å². The molecule has 1 aromatic heterocycles. The molecule has 0 saturated carbocycles. The molecular formula is C22H27F2N5O3S. The van der Waals surface area contributed by atoms with Gasteiger partial charge in [-0.2, -0.15) is 13.8 Å². The van der Waals surface area contributed by atoms with Gasteiger partial charge in [0.2, 0.25) is 15.8 Å². The molecule has 8 nitrogen and oxygen atoms in total. The summed E-state index contributed by atoms with van der Waals surface area (Å²) in [6.45, 7) is 5.43. The number of piperazine rings is 1. The summed E-state index contributed by atoms with van der Waals surface area (Å²) < 4.78 is 50.2. The molecule has 2 fully saturated rings. The van der Waals surface area contributed by atoms with E-state index >= 15 is 0 Å². The van der Waals surface area contributed by atoms with Crippen LogP contribution in [0.5, 0.6) is 0 Å². The third kappa shape index (κ3) is 4.92. The lowest BCUT2D eigenvalue weighted by Gasteiger charge is -2.36. The number of aryl methyl sites for hydroxylation is 1. The molecular weight excluding hydrogens is 452 g/mol. The molecule has 2 saturated heterocycles. The van der Waals surface area contributed by atoms with Crippen LogP contribution in [0.2, 0.25) is 0 Å². The number of hydrogen-bond acceptors (Lipinski definition) is 7. The second kappa shape index (κ2) is 9.58. The first-order chi connectivity index (χ1) is 15.8. The van der Waals surface area contributed by atoms with E-state index in [0.29, 0.717) is 32.1 Å². The van der Waals surface area contributed by atoms with Crippen molar-refractivity contribution >= 4 is 27.5 Å². The molecule has 0 spiro atoms. The van der Waals surface area contributed by atoms with E-state index in [4.69, 9.17) is 4.98 Å². The lowest BCUT2D eigenvalue weighted by molar-refractivity contribution is 0.0742. The molecule has 2 aliphatic heterocycles. The number of benzene rings is 1. The van der Waals surface area contributed by atoms with Gasteiger partial charge in [0.15, 0.2) is 0 Å². The van der Waals surface area contributed by atoms with Crippen LogP contribution >= 0.6 is 0 Å². The summed E-state index contributed by atoms with van der Waals surface area (Å²) in [4.78, 5) is 27.5. The Labute approximate surface area is 192 Å². The monoisotopic (exact) mass is 479 g/mol. The Bertz CT molecular complexity index is 1110. The van der Waals surface area contributed by atoms with E-state index in [1.165, 1.54) is 29.5 Å². The zero-order valence-electron chi connectivity index (χ0n) is 18.5. The molecule has 3 heterocycles. The first-order valence-electron chi connectivity index (χ1n) is 11.0. The van der Waals surface area contributed by atoms with E-state index in [2.05, 4.69) is 14.8 Å². The molecule has 0 radical (unpaired) electrons. The lowest BCUT2D eigenvalue weighted by atomic mass is 10.1. The summed E-state index contributed by atoms with van der Waals surface area (Å²) in [6, 6.07) is 7.05. The molecule has 2 aliphatic rings. The molecule has 4 rings (SSSR count). The molecule has 0 bridgehead atoms. The standard InChI is InChI=1S/C22H27F2N5O3S/c1-16-15-19(26-22(25-16)29-9-5-2-6-10-29)27-11-13-28(14-12-27)20(30)17-7-3-4-8-18(17)33(31,32)21(23)24/h3-4,7-8,15,21H,2,5-6,9-14H2,1H3. The average molecular weight is 480 g/mol. The molecule has 33 heavy (non-hydrogen) atoms. The van der Waals surface area contributed by atoms with Crippen LogP contribution in [0, 0.1) is 6.92 Å². The topological polar surface area (TPSA) is 86.7 Å². The number of anilines is 2. The molecule has 1 aromatic carbocycles. The first-order valence-corrected chi connectivity index (χ1v) is 12.6. The van der Waals surface area contributed by atoms with Crippen molar-refractivity contribution in [3.8, 4) is 0 Å². The highest BCUT2D eigenvalue weighted by atomic mass is 32.2. The molecule has 0 unspecified atom stereocenters. The minimum Gasteiger partial charge on any atom is -0.353 e. The molecule has 0 aliphatic carbocycles. The van der Waals surface area contributed by atoms with Gasteiger partial charge in [-0.25, -0.2) is 13.4 Å². The number of rotatable bonds is 5. The number of piperidine rings is 1. The van der Waals surface area contributed by atoms with E-state index in [1.807, 2.05) is 13.0 Å². The largest absolute Gasteiger partial charge is 0.353 e. The lowest BCUT2D eigenvalue weighted by Crippen LogP contribution is -2.49. The van der Waals surface area contributed by atoms with Gasteiger partial charge in [0.1, 0.15) is 5.82 Å². The average Bonchev–Trinajstić information content (AvgIpc) is 2.84.